The van der Waals surface area contributed by atoms with E-state index in [2.05, 4.69) is 35.0 Å². The van der Waals surface area contributed by atoms with Gasteiger partial charge in [0.15, 0.2) is 0 Å². The van der Waals surface area contributed by atoms with E-state index in [4.69, 9.17) is 17.3 Å². The van der Waals surface area contributed by atoms with Crippen molar-refractivity contribution in [2.45, 2.75) is 19.4 Å². The molecule has 2 rings (SSSR count). The molecule has 0 amide bonds. The van der Waals surface area contributed by atoms with Gasteiger partial charge in [0, 0.05) is 9.50 Å². The van der Waals surface area contributed by atoms with Crippen LogP contribution >= 0.6 is 27.5 Å². The molecule has 94 valence electrons. The van der Waals surface area contributed by atoms with Crippen LogP contribution in [-0.4, -0.2) is 0 Å². The molecule has 2 N–H and O–H groups in total. The quantitative estimate of drug-likeness (QED) is 0.869. The van der Waals surface area contributed by atoms with E-state index in [1.807, 2.05) is 30.3 Å². The van der Waals surface area contributed by atoms with Crippen LogP contribution in [0.15, 0.2) is 46.9 Å². The van der Waals surface area contributed by atoms with Crippen LogP contribution < -0.4 is 5.73 Å². The topological polar surface area (TPSA) is 26.0 Å². The lowest BCUT2D eigenvalue weighted by molar-refractivity contribution is 0.867. The smallest absolute Gasteiger partial charge is 0.0566 e. The summed E-state index contributed by atoms with van der Waals surface area (Å²) in [6.07, 6.45) is 1.01. The molecule has 0 fully saturated rings. The number of rotatable bonds is 3. The van der Waals surface area contributed by atoms with Crippen LogP contribution in [0, 0.1) is 0 Å². The number of hydrogen-bond donors (Lipinski definition) is 1. The van der Waals surface area contributed by atoms with E-state index in [0.29, 0.717) is 5.02 Å². The van der Waals surface area contributed by atoms with E-state index in [9.17, 15) is 0 Å². The highest BCUT2D eigenvalue weighted by molar-refractivity contribution is 9.10. The van der Waals surface area contributed by atoms with Crippen molar-refractivity contribution in [2.75, 3.05) is 0 Å². The van der Waals surface area contributed by atoms with E-state index in [0.717, 1.165) is 22.0 Å². The molecule has 2 aromatic rings. The lowest BCUT2D eigenvalue weighted by atomic mass is 9.97. The minimum atomic E-state index is -0.183. The van der Waals surface area contributed by atoms with Crippen LogP contribution in [-0.2, 0) is 6.42 Å². The van der Waals surface area contributed by atoms with Crippen molar-refractivity contribution in [3.8, 4) is 0 Å². The van der Waals surface area contributed by atoms with Crippen LogP contribution in [0.25, 0.3) is 0 Å². The lowest BCUT2D eigenvalue weighted by Crippen LogP contribution is -2.12. The molecule has 0 spiro atoms. The monoisotopic (exact) mass is 323 g/mol. The number of nitrogens with two attached hydrogens (primary N) is 1. The molecule has 0 radical (unpaired) electrons. The molecule has 0 aromatic heterocycles. The molecular weight excluding hydrogens is 310 g/mol. The SMILES string of the molecule is CCc1cccc(C(N)c2ccc(Br)cc2Cl)c1. The number of benzene rings is 2. The Kier molecular flexibility index (Phi) is 4.44. The fourth-order valence-corrected chi connectivity index (χ4v) is 2.73. The minimum absolute atomic E-state index is 0.183. The van der Waals surface area contributed by atoms with Crippen molar-refractivity contribution < 1.29 is 0 Å². The highest BCUT2D eigenvalue weighted by Crippen LogP contribution is 2.29. The molecule has 1 atom stereocenters. The Balaban J connectivity index is 2.37. The van der Waals surface area contributed by atoms with Gasteiger partial charge >= 0.3 is 0 Å². The van der Waals surface area contributed by atoms with E-state index in [1.165, 1.54) is 5.56 Å². The normalized spacial score (nSPS) is 12.4. The standard InChI is InChI=1S/C15H15BrClN/c1-2-10-4-3-5-11(8-10)15(18)13-7-6-12(16)9-14(13)17/h3-9,15H,2,18H2,1H3. The predicted molar refractivity (Wildman–Crippen MR) is 81.0 cm³/mol. The maximum atomic E-state index is 6.29. The van der Waals surface area contributed by atoms with Gasteiger partial charge in [-0.25, -0.2) is 0 Å². The first-order valence-electron chi connectivity index (χ1n) is 5.91. The summed E-state index contributed by atoms with van der Waals surface area (Å²) >= 11 is 9.64. The largest absolute Gasteiger partial charge is 0.320 e. The lowest BCUT2D eigenvalue weighted by Gasteiger charge is -2.15. The van der Waals surface area contributed by atoms with Gasteiger partial charge in [-0.05, 0) is 35.2 Å². The Morgan fingerprint density at radius 3 is 2.67 bits per heavy atom. The summed E-state index contributed by atoms with van der Waals surface area (Å²) in [6.45, 7) is 2.14. The summed E-state index contributed by atoms with van der Waals surface area (Å²) in [5.74, 6) is 0. The van der Waals surface area contributed by atoms with Crippen LogP contribution in [0.5, 0.6) is 0 Å². The molecule has 18 heavy (non-hydrogen) atoms. The maximum absolute atomic E-state index is 6.29. The highest BCUT2D eigenvalue weighted by atomic mass is 79.9. The first-order chi connectivity index (χ1) is 8.61. The van der Waals surface area contributed by atoms with Crippen molar-refractivity contribution in [3.63, 3.8) is 0 Å². The maximum Gasteiger partial charge on any atom is 0.0566 e. The Hall–Kier alpha value is -0.830. The second-order valence-corrected chi connectivity index (χ2v) is 5.56. The molecule has 2 aromatic carbocycles. The van der Waals surface area contributed by atoms with Gasteiger partial charge in [-0.15, -0.1) is 0 Å². The molecule has 1 nitrogen and oxygen atoms in total. The van der Waals surface area contributed by atoms with Crippen molar-refractivity contribution >= 4 is 27.5 Å². The fraction of sp³-hybridized carbons (Fsp3) is 0.200. The van der Waals surface area contributed by atoms with Gasteiger partial charge in [0.05, 0.1) is 6.04 Å². The molecule has 3 heteroatoms. The van der Waals surface area contributed by atoms with E-state index in [-0.39, 0.29) is 6.04 Å². The third-order valence-corrected chi connectivity index (χ3v) is 3.84. The van der Waals surface area contributed by atoms with Crippen LogP contribution in [0.3, 0.4) is 0 Å². The van der Waals surface area contributed by atoms with Gasteiger partial charge in [0.1, 0.15) is 0 Å². The molecule has 0 saturated heterocycles. The summed E-state index contributed by atoms with van der Waals surface area (Å²) in [5, 5.41) is 0.693. The van der Waals surface area contributed by atoms with Gasteiger partial charge in [0.25, 0.3) is 0 Å². The van der Waals surface area contributed by atoms with Gasteiger partial charge in [-0.1, -0.05) is 64.8 Å². The van der Waals surface area contributed by atoms with Crippen molar-refractivity contribution in [2.24, 2.45) is 5.73 Å². The third-order valence-electron chi connectivity index (χ3n) is 3.02. The number of halogens is 2. The third kappa shape index (κ3) is 2.94. The highest BCUT2D eigenvalue weighted by Gasteiger charge is 2.12. The van der Waals surface area contributed by atoms with Crippen LogP contribution in [0.2, 0.25) is 5.02 Å². The average Bonchev–Trinajstić information content (AvgIpc) is 2.38. The van der Waals surface area contributed by atoms with Crippen LogP contribution in [0.1, 0.15) is 29.7 Å². The van der Waals surface area contributed by atoms with E-state index >= 15 is 0 Å². The molecular formula is C15H15BrClN. The summed E-state index contributed by atoms with van der Waals surface area (Å²) in [4.78, 5) is 0. The molecule has 0 aliphatic carbocycles. The first kappa shape index (κ1) is 13.6. The van der Waals surface area contributed by atoms with Gasteiger partial charge < -0.3 is 5.73 Å². The fourth-order valence-electron chi connectivity index (χ4n) is 1.94. The van der Waals surface area contributed by atoms with Crippen LogP contribution in [0.4, 0.5) is 0 Å². The molecule has 0 bridgehead atoms. The Bertz CT molecular complexity index is 554. The Labute approximate surface area is 121 Å². The zero-order chi connectivity index (χ0) is 13.1. The first-order valence-corrected chi connectivity index (χ1v) is 7.08. The second-order valence-electron chi connectivity index (χ2n) is 4.24. The Morgan fingerprint density at radius 1 is 1.22 bits per heavy atom. The van der Waals surface area contributed by atoms with Gasteiger partial charge in [0.2, 0.25) is 0 Å². The summed E-state index contributed by atoms with van der Waals surface area (Å²) in [6, 6.07) is 14.0. The zero-order valence-electron chi connectivity index (χ0n) is 10.2. The molecule has 1 unspecified atom stereocenters. The second kappa shape index (κ2) is 5.87. The van der Waals surface area contributed by atoms with Gasteiger partial charge in [-0.2, -0.15) is 0 Å². The summed E-state index contributed by atoms with van der Waals surface area (Å²) < 4.78 is 0.964. The van der Waals surface area contributed by atoms with E-state index in [1.54, 1.807) is 0 Å². The predicted octanol–water partition coefficient (Wildman–Crippen LogP) is 4.71. The Morgan fingerprint density at radius 2 is 2.00 bits per heavy atom. The molecule has 0 heterocycles. The van der Waals surface area contributed by atoms with Gasteiger partial charge in [-0.3, -0.25) is 0 Å². The van der Waals surface area contributed by atoms with Crippen molar-refractivity contribution in [1.29, 1.82) is 0 Å². The molecule has 0 aliphatic rings. The summed E-state index contributed by atoms with van der Waals surface area (Å²) in [7, 11) is 0. The van der Waals surface area contributed by atoms with Crippen molar-refractivity contribution in [3.05, 3.63) is 68.7 Å². The molecule has 0 aliphatic heterocycles. The molecule has 0 saturated carbocycles. The average molecular weight is 325 g/mol. The minimum Gasteiger partial charge on any atom is -0.320 e. The summed E-state index contributed by atoms with van der Waals surface area (Å²) in [5.41, 5.74) is 9.63. The number of aryl methyl sites for hydroxylation is 1. The number of hydrogen-bond acceptors (Lipinski definition) is 1. The van der Waals surface area contributed by atoms with E-state index < -0.39 is 0 Å². The van der Waals surface area contributed by atoms with Crippen molar-refractivity contribution in [1.82, 2.24) is 0 Å². The zero-order valence-corrected chi connectivity index (χ0v) is 12.5.